The molecule has 0 aliphatic carbocycles. The van der Waals surface area contributed by atoms with Gasteiger partial charge >= 0.3 is 0 Å². The van der Waals surface area contributed by atoms with Crippen LogP contribution in [0.2, 0.25) is 0 Å². The smallest absolute Gasteiger partial charge is 0.219 e. The number of aryl methyl sites for hydroxylation is 2. The standard InChI is InChI=1S/C17H24N4OS/c1-10(2)15-18-16(14-11(3)12(4)23-17(14)19-15)21-8-6-20(7-9-21)13(5)22/h10H,6-9H2,1-5H3. The fraction of sp³-hybridized carbons (Fsp3) is 0.588. The minimum atomic E-state index is 0.155. The van der Waals surface area contributed by atoms with E-state index in [1.165, 1.54) is 15.8 Å². The zero-order valence-electron chi connectivity index (χ0n) is 14.5. The number of hydrogen-bond donors (Lipinski definition) is 0. The van der Waals surface area contributed by atoms with Crippen LogP contribution in [0.3, 0.4) is 0 Å². The maximum absolute atomic E-state index is 11.5. The Morgan fingerprint density at radius 2 is 1.78 bits per heavy atom. The van der Waals surface area contributed by atoms with Gasteiger partial charge in [-0.25, -0.2) is 9.97 Å². The van der Waals surface area contributed by atoms with Crippen LogP contribution in [0.1, 0.15) is 43.0 Å². The molecule has 0 atom stereocenters. The van der Waals surface area contributed by atoms with E-state index in [1.807, 2.05) is 4.90 Å². The highest BCUT2D eigenvalue weighted by atomic mass is 32.1. The van der Waals surface area contributed by atoms with E-state index in [9.17, 15) is 4.79 Å². The van der Waals surface area contributed by atoms with Crippen molar-refractivity contribution in [1.82, 2.24) is 14.9 Å². The van der Waals surface area contributed by atoms with Gasteiger partial charge in [0.2, 0.25) is 5.91 Å². The van der Waals surface area contributed by atoms with Crippen molar-refractivity contribution in [1.29, 1.82) is 0 Å². The third-order valence-electron chi connectivity index (χ3n) is 4.57. The van der Waals surface area contributed by atoms with Crippen LogP contribution in [-0.2, 0) is 4.79 Å². The van der Waals surface area contributed by atoms with Crippen LogP contribution < -0.4 is 4.90 Å². The van der Waals surface area contributed by atoms with Gasteiger partial charge in [-0.15, -0.1) is 11.3 Å². The second-order valence-electron chi connectivity index (χ2n) is 6.52. The van der Waals surface area contributed by atoms with Crippen LogP contribution in [0.4, 0.5) is 5.82 Å². The quantitative estimate of drug-likeness (QED) is 0.848. The van der Waals surface area contributed by atoms with Crippen molar-refractivity contribution in [3.8, 4) is 0 Å². The molecule has 0 bridgehead atoms. The van der Waals surface area contributed by atoms with Crippen molar-refractivity contribution in [3.63, 3.8) is 0 Å². The Morgan fingerprint density at radius 3 is 2.35 bits per heavy atom. The summed E-state index contributed by atoms with van der Waals surface area (Å²) in [4.78, 5) is 27.8. The molecule has 2 aromatic heterocycles. The van der Waals surface area contributed by atoms with Gasteiger partial charge in [0.25, 0.3) is 0 Å². The summed E-state index contributed by atoms with van der Waals surface area (Å²) in [6, 6.07) is 0. The van der Waals surface area contributed by atoms with Gasteiger partial charge in [0.1, 0.15) is 16.5 Å². The lowest BCUT2D eigenvalue weighted by molar-refractivity contribution is -0.129. The summed E-state index contributed by atoms with van der Waals surface area (Å²) in [6.45, 7) is 13.4. The molecule has 3 heterocycles. The van der Waals surface area contributed by atoms with Crippen LogP contribution >= 0.6 is 11.3 Å². The fourth-order valence-corrected chi connectivity index (χ4v) is 4.00. The summed E-state index contributed by atoms with van der Waals surface area (Å²) in [5.41, 5.74) is 1.28. The molecule has 5 nitrogen and oxygen atoms in total. The van der Waals surface area contributed by atoms with E-state index in [0.717, 1.165) is 42.7 Å². The number of fused-ring (bicyclic) bond motifs is 1. The number of nitrogens with zero attached hydrogens (tertiary/aromatic N) is 4. The zero-order chi connectivity index (χ0) is 16.7. The van der Waals surface area contributed by atoms with Crippen molar-refractivity contribution < 1.29 is 4.79 Å². The fourth-order valence-electron chi connectivity index (χ4n) is 2.96. The lowest BCUT2D eigenvalue weighted by Crippen LogP contribution is -2.48. The van der Waals surface area contributed by atoms with Gasteiger partial charge in [0, 0.05) is 43.9 Å². The highest BCUT2D eigenvalue weighted by Crippen LogP contribution is 2.36. The predicted octanol–water partition coefficient (Wildman–Crippen LogP) is 3.10. The molecule has 0 unspecified atom stereocenters. The second kappa shape index (κ2) is 6.07. The molecule has 1 amide bonds. The third kappa shape index (κ3) is 2.92. The van der Waals surface area contributed by atoms with E-state index < -0.39 is 0 Å². The Kier molecular flexibility index (Phi) is 4.27. The molecule has 6 heteroatoms. The molecule has 3 rings (SSSR count). The third-order valence-corrected chi connectivity index (χ3v) is 5.67. The number of aromatic nitrogens is 2. The van der Waals surface area contributed by atoms with Crippen molar-refractivity contribution >= 4 is 33.3 Å². The Labute approximate surface area is 141 Å². The monoisotopic (exact) mass is 332 g/mol. The summed E-state index contributed by atoms with van der Waals surface area (Å²) < 4.78 is 0. The van der Waals surface area contributed by atoms with Gasteiger partial charge in [-0.05, 0) is 19.4 Å². The van der Waals surface area contributed by atoms with Crippen LogP contribution in [-0.4, -0.2) is 47.0 Å². The summed E-state index contributed by atoms with van der Waals surface area (Å²) >= 11 is 1.75. The van der Waals surface area contributed by atoms with Gasteiger partial charge in [-0.1, -0.05) is 13.8 Å². The molecule has 0 N–H and O–H groups in total. The van der Waals surface area contributed by atoms with Crippen LogP contribution in [0.15, 0.2) is 0 Å². The number of rotatable bonds is 2. The van der Waals surface area contributed by atoms with E-state index in [0.29, 0.717) is 5.92 Å². The van der Waals surface area contributed by atoms with Crippen molar-refractivity contribution in [2.24, 2.45) is 0 Å². The van der Waals surface area contributed by atoms with E-state index in [1.54, 1.807) is 18.3 Å². The predicted molar refractivity (Wildman–Crippen MR) is 95.4 cm³/mol. The van der Waals surface area contributed by atoms with Crippen LogP contribution in [0.25, 0.3) is 10.2 Å². The minimum absolute atomic E-state index is 0.155. The van der Waals surface area contributed by atoms with E-state index in [-0.39, 0.29) is 5.91 Å². The Morgan fingerprint density at radius 1 is 1.13 bits per heavy atom. The number of anilines is 1. The molecule has 0 spiro atoms. The first-order valence-corrected chi connectivity index (χ1v) is 8.98. The summed E-state index contributed by atoms with van der Waals surface area (Å²) in [5.74, 6) is 2.41. The molecule has 1 aliphatic heterocycles. The van der Waals surface area contributed by atoms with Gasteiger partial charge in [-0.3, -0.25) is 4.79 Å². The van der Waals surface area contributed by atoms with Crippen molar-refractivity contribution in [3.05, 3.63) is 16.3 Å². The normalized spacial score (nSPS) is 15.7. The largest absolute Gasteiger partial charge is 0.352 e. The first kappa shape index (κ1) is 16.2. The van der Waals surface area contributed by atoms with Crippen LogP contribution in [0, 0.1) is 13.8 Å². The lowest BCUT2D eigenvalue weighted by atomic mass is 10.1. The Bertz CT molecular complexity index is 745. The molecule has 1 fully saturated rings. The minimum Gasteiger partial charge on any atom is -0.352 e. The maximum Gasteiger partial charge on any atom is 0.219 e. The highest BCUT2D eigenvalue weighted by molar-refractivity contribution is 7.18. The summed E-state index contributed by atoms with van der Waals surface area (Å²) in [7, 11) is 0. The average molecular weight is 332 g/mol. The molecule has 1 saturated heterocycles. The highest BCUT2D eigenvalue weighted by Gasteiger charge is 2.24. The molecule has 0 aromatic carbocycles. The molecule has 2 aromatic rings. The number of amides is 1. The topological polar surface area (TPSA) is 49.3 Å². The number of carbonyl (C=O) groups excluding carboxylic acids is 1. The lowest BCUT2D eigenvalue weighted by Gasteiger charge is -2.35. The first-order chi connectivity index (χ1) is 10.9. The summed E-state index contributed by atoms with van der Waals surface area (Å²) in [6.07, 6.45) is 0. The SMILES string of the molecule is CC(=O)N1CCN(c2nc(C(C)C)nc3sc(C)c(C)c23)CC1. The molecular formula is C17H24N4OS. The van der Waals surface area contributed by atoms with Gasteiger partial charge in [0.15, 0.2) is 0 Å². The van der Waals surface area contributed by atoms with Gasteiger partial charge < -0.3 is 9.80 Å². The molecular weight excluding hydrogens is 308 g/mol. The Balaban J connectivity index is 2.03. The first-order valence-electron chi connectivity index (χ1n) is 8.16. The van der Waals surface area contributed by atoms with Gasteiger partial charge in [-0.2, -0.15) is 0 Å². The second-order valence-corrected chi connectivity index (χ2v) is 7.72. The van der Waals surface area contributed by atoms with E-state index in [4.69, 9.17) is 9.97 Å². The maximum atomic E-state index is 11.5. The number of thiophene rings is 1. The van der Waals surface area contributed by atoms with Gasteiger partial charge in [0.05, 0.1) is 5.39 Å². The zero-order valence-corrected chi connectivity index (χ0v) is 15.3. The molecule has 23 heavy (non-hydrogen) atoms. The van der Waals surface area contributed by atoms with E-state index in [2.05, 4.69) is 32.6 Å². The molecule has 0 radical (unpaired) electrons. The number of hydrogen-bond acceptors (Lipinski definition) is 5. The molecule has 124 valence electrons. The average Bonchev–Trinajstić information content (AvgIpc) is 2.81. The number of carbonyl (C=O) groups is 1. The Hall–Kier alpha value is -1.69. The summed E-state index contributed by atoms with van der Waals surface area (Å²) in [5, 5.41) is 1.19. The van der Waals surface area contributed by atoms with Crippen LogP contribution in [0.5, 0.6) is 0 Å². The van der Waals surface area contributed by atoms with Crippen molar-refractivity contribution in [2.75, 3.05) is 31.1 Å². The van der Waals surface area contributed by atoms with E-state index >= 15 is 0 Å². The number of piperazine rings is 1. The molecule has 0 saturated carbocycles. The molecule has 1 aliphatic rings. The van der Waals surface area contributed by atoms with Crippen molar-refractivity contribution in [2.45, 2.75) is 40.5 Å².